The average molecular weight is 1170 g/mol. The first-order valence-corrected chi connectivity index (χ1v) is 34.6. The molecule has 0 heterocycles. The van der Waals surface area contributed by atoms with Crippen LogP contribution in [0.1, 0.15) is 290 Å². The predicted octanol–water partition coefficient (Wildman–Crippen LogP) is 21.4. The average Bonchev–Trinajstić information content (AvgIpc) is 3.55. The highest BCUT2D eigenvalue weighted by Gasteiger charge is 2.25. The summed E-state index contributed by atoms with van der Waals surface area (Å²) in [6, 6.07) is 0. The molecule has 0 fully saturated rings. The van der Waals surface area contributed by atoms with Crippen LogP contribution in [0.2, 0.25) is 0 Å². The molecule has 0 amide bonds. The van der Waals surface area contributed by atoms with E-state index in [2.05, 4.69) is 123 Å². The number of carboxylic acid groups (broad SMARTS) is 1. The molecule has 0 aromatic carbocycles. The van der Waals surface area contributed by atoms with Gasteiger partial charge in [-0.2, -0.15) is 0 Å². The van der Waals surface area contributed by atoms with Crippen LogP contribution in [-0.4, -0.2) is 87.4 Å². The van der Waals surface area contributed by atoms with E-state index in [0.717, 1.165) is 103 Å². The maximum absolute atomic E-state index is 12.9. The zero-order valence-corrected chi connectivity index (χ0v) is 55.0. The summed E-state index contributed by atoms with van der Waals surface area (Å²) in [7, 11) is 5.97. The van der Waals surface area contributed by atoms with Crippen molar-refractivity contribution in [1.82, 2.24) is 0 Å². The van der Waals surface area contributed by atoms with Gasteiger partial charge in [0.2, 0.25) is 0 Å². The number of esters is 2. The molecule has 0 aliphatic rings. The number of carbonyl (C=O) groups excluding carboxylic acids is 2. The summed E-state index contributed by atoms with van der Waals surface area (Å²) in [5.74, 6) is -2.01. The van der Waals surface area contributed by atoms with E-state index >= 15 is 0 Å². The highest BCUT2D eigenvalue weighted by atomic mass is 16.7. The first-order valence-electron chi connectivity index (χ1n) is 34.6. The van der Waals surface area contributed by atoms with Gasteiger partial charge in [-0.1, -0.05) is 303 Å². The third-order valence-electron chi connectivity index (χ3n) is 14.8. The summed E-state index contributed by atoms with van der Waals surface area (Å²) in [6.45, 7) is 4.78. The zero-order valence-electron chi connectivity index (χ0n) is 55.0. The molecule has 2 atom stereocenters. The minimum Gasteiger partial charge on any atom is -0.477 e. The van der Waals surface area contributed by atoms with Gasteiger partial charge in [-0.25, -0.2) is 4.79 Å². The molecule has 0 bridgehead atoms. The van der Waals surface area contributed by atoms with E-state index in [1.165, 1.54) is 154 Å². The molecule has 0 aromatic rings. The van der Waals surface area contributed by atoms with Crippen LogP contribution in [0.4, 0.5) is 0 Å². The van der Waals surface area contributed by atoms with Crippen LogP contribution < -0.4 is 0 Å². The number of quaternary nitrogens is 1. The molecule has 0 aromatic heterocycles. The van der Waals surface area contributed by atoms with Crippen LogP contribution in [0.15, 0.2) is 109 Å². The monoisotopic (exact) mass is 1170 g/mol. The number of hydrogen-bond acceptors (Lipinski definition) is 7. The third-order valence-corrected chi connectivity index (χ3v) is 14.8. The molecule has 0 saturated heterocycles. The van der Waals surface area contributed by atoms with Crippen molar-refractivity contribution < 1.29 is 42.9 Å². The van der Waals surface area contributed by atoms with Crippen LogP contribution in [-0.2, 0) is 33.3 Å². The van der Waals surface area contributed by atoms with E-state index in [-0.39, 0.29) is 32.2 Å². The van der Waals surface area contributed by atoms with Gasteiger partial charge >= 0.3 is 17.9 Å². The van der Waals surface area contributed by atoms with Gasteiger partial charge in [0.25, 0.3) is 6.29 Å². The Balaban J connectivity index is 4.19. The van der Waals surface area contributed by atoms with Crippen LogP contribution in [0.3, 0.4) is 0 Å². The largest absolute Gasteiger partial charge is 0.477 e. The summed E-state index contributed by atoms with van der Waals surface area (Å²) in [6.07, 6.45) is 87.6. The Morgan fingerprint density at radius 3 is 1.01 bits per heavy atom. The van der Waals surface area contributed by atoms with Crippen molar-refractivity contribution in [1.29, 1.82) is 0 Å². The maximum Gasteiger partial charge on any atom is 0.361 e. The summed E-state index contributed by atoms with van der Waals surface area (Å²) in [5, 5.41) is 9.74. The highest BCUT2D eigenvalue weighted by molar-refractivity contribution is 5.71. The lowest BCUT2D eigenvalue weighted by Crippen LogP contribution is -2.40. The van der Waals surface area contributed by atoms with E-state index in [1.54, 1.807) is 0 Å². The van der Waals surface area contributed by atoms with Crippen LogP contribution in [0.25, 0.3) is 0 Å². The minimum atomic E-state index is -1.52. The number of hydrogen-bond donors (Lipinski definition) is 1. The fourth-order valence-electron chi connectivity index (χ4n) is 9.54. The predicted molar refractivity (Wildman–Crippen MR) is 359 cm³/mol. The Kier molecular flexibility index (Phi) is 61.8. The van der Waals surface area contributed by atoms with Gasteiger partial charge < -0.3 is 28.5 Å². The number of nitrogens with zero attached hydrogens (tertiary/aromatic N) is 1. The Morgan fingerprint density at radius 2 is 0.679 bits per heavy atom. The van der Waals surface area contributed by atoms with Gasteiger partial charge in [0, 0.05) is 12.8 Å². The van der Waals surface area contributed by atoms with Crippen molar-refractivity contribution in [3.63, 3.8) is 0 Å². The van der Waals surface area contributed by atoms with Crippen molar-refractivity contribution in [2.24, 2.45) is 0 Å². The second-order valence-electron chi connectivity index (χ2n) is 24.1. The molecule has 0 saturated carbocycles. The van der Waals surface area contributed by atoms with Gasteiger partial charge in [-0.3, -0.25) is 9.59 Å². The van der Waals surface area contributed by atoms with Crippen molar-refractivity contribution in [3.05, 3.63) is 109 Å². The van der Waals surface area contributed by atoms with Crippen molar-refractivity contribution >= 4 is 17.9 Å². The van der Waals surface area contributed by atoms with Gasteiger partial charge in [0.05, 0.1) is 34.4 Å². The Labute approximate surface area is 517 Å². The number of carbonyl (C=O) groups is 3. The lowest BCUT2D eigenvalue weighted by atomic mass is 10.0. The molecule has 482 valence electrons. The van der Waals surface area contributed by atoms with Crippen LogP contribution in [0, 0.1) is 0 Å². The molecular weight excluding hydrogens is 1040 g/mol. The molecule has 0 spiro atoms. The van der Waals surface area contributed by atoms with Gasteiger partial charge in [-0.15, -0.1) is 0 Å². The highest BCUT2D eigenvalue weighted by Crippen LogP contribution is 2.17. The normalized spacial score (nSPS) is 13.4. The quantitative estimate of drug-likeness (QED) is 0.0211. The SMILES string of the molecule is CC/C=C\C/C=C\C/C=C\C/C=C\C/C=C\C/C=C\C/C=C\C/C=C\C/C=C\CCCCCCCCCC(=O)OC(COC(=O)CCCCCCCCCCCCCCCCCCCCCCCCCC)COC(OCC[N+](C)(C)C)C(=O)O. The van der Waals surface area contributed by atoms with Crippen LogP contribution >= 0.6 is 0 Å². The smallest absolute Gasteiger partial charge is 0.361 e. The topological polar surface area (TPSA) is 108 Å². The summed E-state index contributed by atoms with van der Waals surface area (Å²) in [5.41, 5.74) is 0. The number of likely N-dealkylation sites (N-methyl/N-ethyl adjacent to an activating group) is 1. The second-order valence-corrected chi connectivity index (χ2v) is 24.1. The maximum atomic E-state index is 12.9. The summed E-state index contributed by atoms with van der Waals surface area (Å²) in [4.78, 5) is 37.6. The van der Waals surface area contributed by atoms with E-state index < -0.39 is 24.3 Å². The second kappa shape index (κ2) is 64.9. The number of aliphatic carboxylic acids is 1. The van der Waals surface area contributed by atoms with E-state index in [9.17, 15) is 19.5 Å². The Bertz CT molecular complexity index is 1750. The van der Waals surface area contributed by atoms with Crippen molar-refractivity contribution in [2.45, 2.75) is 302 Å². The van der Waals surface area contributed by atoms with Crippen LogP contribution in [0.5, 0.6) is 0 Å². The summed E-state index contributed by atoms with van der Waals surface area (Å²) < 4.78 is 23.0. The molecule has 84 heavy (non-hydrogen) atoms. The van der Waals surface area contributed by atoms with Crippen molar-refractivity contribution in [2.75, 3.05) is 47.5 Å². The number of allylic oxidation sites excluding steroid dienone is 18. The van der Waals surface area contributed by atoms with Gasteiger partial charge in [0.1, 0.15) is 13.2 Å². The molecule has 0 aliphatic carbocycles. The molecule has 0 aliphatic heterocycles. The Morgan fingerprint density at radius 1 is 0.369 bits per heavy atom. The molecule has 1 N–H and O–H groups in total. The molecule has 9 heteroatoms. The summed E-state index contributed by atoms with van der Waals surface area (Å²) >= 11 is 0. The molecule has 9 nitrogen and oxygen atoms in total. The molecule has 2 unspecified atom stereocenters. The number of ether oxygens (including phenoxy) is 4. The zero-order chi connectivity index (χ0) is 61.2. The van der Waals surface area contributed by atoms with Gasteiger partial charge in [-0.05, 0) is 83.5 Å². The first-order chi connectivity index (χ1) is 41.1. The van der Waals surface area contributed by atoms with Gasteiger partial charge in [0.15, 0.2) is 6.10 Å². The molecular formula is C75H130NO8+. The standard InChI is InChI=1S/C75H129NO8/c1-6-8-10-12-14-16-18-20-22-24-26-28-30-32-33-34-35-36-37-38-39-40-41-42-44-46-48-50-52-54-56-58-60-62-64-66-73(78)84-71(70-83-75(74(79)80)81-68-67-76(3,4)5)69-82-72(77)65-63-61-59-57-55-53-51-49-47-45-43-31-29-27-25-23-21-19-17-15-13-11-9-7-2/h8,10,14,16,20,22,26,28,32-33,35-36,38-39,41-42,46,48,71,75H,6-7,9,11-13,15,17-19,21,23-25,27,29-31,34,37,40,43-45,47,49-70H2,1-5H3/p+1/b10-8-,16-14-,22-20-,28-26-,33-32-,36-35-,39-38-,42-41-,48-46-. The number of rotatable bonds is 63. The Hall–Kier alpha value is -4.05. The lowest BCUT2D eigenvalue weighted by molar-refractivity contribution is -0.870. The number of unbranched alkanes of at least 4 members (excludes halogenated alkanes) is 30. The fourth-order valence-corrected chi connectivity index (χ4v) is 9.54. The van der Waals surface area contributed by atoms with E-state index in [0.29, 0.717) is 23.9 Å². The molecule has 0 rings (SSSR count). The minimum absolute atomic E-state index is 0.182. The first kappa shape index (κ1) is 80.0. The molecule has 0 radical (unpaired) electrons. The lowest BCUT2D eigenvalue weighted by Gasteiger charge is -2.25. The van der Waals surface area contributed by atoms with Crippen molar-refractivity contribution in [3.8, 4) is 0 Å². The third kappa shape index (κ3) is 65.5. The van der Waals surface area contributed by atoms with E-state index in [4.69, 9.17) is 18.9 Å². The van der Waals surface area contributed by atoms with E-state index in [1.807, 2.05) is 21.1 Å². The number of carboxylic acids is 1. The fraction of sp³-hybridized carbons (Fsp3) is 0.720.